The molecule has 0 aliphatic carbocycles. The normalized spacial score (nSPS) is 11.9. The minimum Gasteiger partial charge on any atom is -0.340 e. The summed E-state index contributed by atoms with van der Waals surface area (Å²) < 4.78 is 42.4. The second-order valence-electron chi connectivity index (χ2n) is 6.12. The molecular formula is C20H12ClF3N2OS. The molecule has 28 heavy (non-hydrogen) atoms. The average Bonchev–Trinajstić information content (AvgIpc) is 3.05. The van der Waals surface area contributed by atoms with E-state index in [2.05, 4.69) is 4.98 Å². The van der Waals surface area contributed by atoms with Gasteiger partial charge in [0, 0.05) is 23.9 Å². The van der Waals surface area contributed by atoms with Crippen LogP contribution in [-0.4, -0.2) is 9.55 Å². The van der Waals surface area contributed by atoms with Gasteiger partial charge < -0.3 is 4.57 Å². The Morgan fingerprint density at radius 3 is 2.61 bits per heavy atom. The Bertz CT molecular complexity index is 1200. The zero-order valence-corrected chi connectivity index (χ0v) is 15.8. The summed E-state index contributed by atoms with van der Waals surface area (Å²) in [5.74, 6) is 0. The van der Waals surface area contributed by atoms with Gasteiger partial charge in [0.2, 0.25) is 0 Å². The predicted molar refractivity (Wildman–Crippen MR) is 105 cm³/mol. The van der Waals surface area contributed by atoms with Gasteiger partial charge in [-0.2, -0.15) is 13.2 Å². The first-order chi connectivity index (χ1) is 13.3. The van der Waals surface area contributed by atoms with E-state index in [0.29, 0.717) is 12.2 Å². The number of hydrogen-bond donors (Lipinski definition) is 0. The van der Waals surface area contributed by atoms with Gasteiger partial charge in [0.15, 0.2) is 5.43 Å². The summed E-state index contributed by atoms with van der Waals surface area (Å²) >= 11 is 7.56. The molecule has 4 rings (SSSR count). The van der Waals surface area contributed by atoms with Gasteiger partial charge in [-0.3, -0.25) is 4.79 Å². The van der Waals surface area contributed by atoms with E-state index >= 15 is 0 Å². The third kappa shape index (κ3) is 3.55. The van der Waals surface area contributed by atoms with E-state index in [4.69, 9.17) is 11.6 Å². The lowest BCUT2D eigenvalue weighted by atomic mass is 10.1. The molecule has 4 aromatic rings. The summed E-state index contributed by atoms with van der Waals surface area (Å²) in [5.41, 5.74) is 0.0545. The average molecular weight is 421 g/mol. The van der Waals surface area contributed by atoms with Gasteiger partial charge in [0.1, 0.15) is 5.01 Å². The van der Waals surface area contributed by atoms with Crippen LogP contribution in [0.15, 0.2) is 65.6 Å². The van der Waals surface area contributed by atoms with Crippen LogP contribution in [0.3, 0.4) is 0 Å². The van der Waals surface area contributed by atoms with Crippen LogP contribution in [-0.2, 0) is 12.7 Å². The molecule has 0 aliphatic rings. The molecule has 0 saturated heterocycles. The van der Waals surface area contributed by atoms with Crippen LogP contribution >= 0.6 is 22.9 Å². The summed E-state index contributed by atoms with van der Waals surface area (Å²) in [6.07, 6.45) is -3.04. The second-order valence-corrected chi connectivity index (χ2v) is 7.61. The van der Waals surface area contributed by atoms with E-state index in [9.17, 15) is 18.0 Å². The Balaban J connectivity index is 1.83. The molecule has 0 unspecified atom stereocenters. The number of para-hydroxylation sites is 1. The third-order valence-corrected chi connectivity index (χ3v) is 5.66. The van der Waals surface area contributed by atoms with E-state index in [1.165, 1.54) is 35.6 Å². The number of pyridine rings is 1. The largest absolute Gasteiger partial charge is 0.417 e. The smallest absolute Gasteiger partial charge is 0.340 e. The van der Waals surface area contributed by atoms with Gasteiger partial charge in [-0.1, -0.05) is 35.9 Å². The van der Waals surface area contributed by atoms with Crippen molar-refractivity contribution in [2.45, 2.75) is 12.7 Å². The topological polar surface area (TPSA) is 34.9 Å². The molecule has 2 aromatic carbocycles. The molecule has 0 aliphatic heterocycles. The van der Waals surface area contributed by atoms with Crippen LogP contribution < -0.4 is 5.43 Å². The van der Waals surface area contributed by atoms with Gasteiger partial charge in [-0.05, 0) is 18.2 Å². The van der Waals surface area contributed by atoms with Crippen molar-refractivity contribution in [1.29, 1.82) is 0 Å². The summed E-state index contributed by atoms with van der Waals surface area (Å²) in [5, 5.41) is 0.341. The molecule has 0 saturated carbocycles. The number of hydrogen-bond acceptors (Lipinski definition) is 3. The Morgan fingerprint density at radius 1 is 1.07 bits per heavy atom. The predicted octanol–water partition coefficient (Wildman–Crippen LogP) is 5.85. The molecule has 3 nitrogen and oxygen atoms in total. The fourth-order valence-corrected chi connectivity index (χ4v) is 4.26. The number of fused-ring (bicyclic) bond motifs is 1. The van der Waals surface area contributed by atoms with E-state index in [-0.39, 0.29) is 11.0 Å². The summed E-state index contributed by atoms with van der Waals surface area (Å²) in [4.78, 5) is 16.5. The molecule has 0 bridgehead atoms. The Hall–Kier alpha value is -2.64. The zero-order valence-electron chi connectivity index (χ0n) is 14.2. The Morgan fingerprint density at radius 2 is 1.86 bits per heavy atom. The number of benzene rings is 2. The van der Waals surface area contributed by atoms with E-state index in [1.807, 2.05) is 24.3 Å². The first-order valence-electron chi connectivity index (χ1n) is 8.24. The van der Waals surface area contributed by atoms with Crippen LogP contribution in [0.2, 0.25) is 5.02 Å². The third-order valence-electron chi connectivity index (χ3n) is 4.23. The van der Waals surface area contributed by atoms with Crippen LogP contribution in [0.4, 0.5) is 13.2 Å². The minimum atomic E-state index is -4.58. The highest BCUT2D eigenvalue weighted by molar-refractivity contribution is 7.18. The fraction of sp³-hybridized carbons (Fsp3) is 0.100. The molecular weight excluding hydrogens is 409 g/mol. The van der Waals surface area contributed by atoms with Gasteiger partial charge in [-0.25, -0.2) is 4.98 Å². The van der Waals surface area contributed by atoms with Crippen molar-refractivity contribution in [3.8, 4) is 11.3 Å². The van der Waals surface area contributed by atoms with E-state index in [0.717, 1.165) is 21.3 Å². The molecule has 8 heteroatoms. The van der Waals surface area contributed by atoms with Crippen LogP contribution in [0.25, 0.3) is 21.5 Å². The first-order valence-corrected chi connectivity index (χ1v) is 9.43. The maximum absolute atomic E-state index is 13.2. The van der Waals surface area contributed by atoms with Crippen molar-refractivity contribution in [3.05, 3.63) is 86.6 Å². The number of nitrogens with zero attached hydrogens (tertiary/aromatic N) is 2. The SMILES string of the molecule is O=c1ccn(Cc2nc3ccccc3s2)c(-c2cccc(C(F)(F)F)c2Cl)c1. The second kappa shape index (κ2) is 7.07. The molecule has 0 fully saturated rings. The van der Waals surface area contributed by atoms with Crippen molar-refractivity contribution >= 4 is 33.2 Å². The number of rotatable bonds is 3. The lowest BCUT2D eigenvalue weighted by molar-refractivity contribution is -0.137. The van der Waals surface area contributed by atoms with Gasteiger partial charge in [0.05, 0.1) is 33.0 Å². The first kappa shape index (κ1) is 18.7. The maximum Gasteiger partial charge on any atom is 0.417 e. The van der Waals surface area contributed by atoms with E-state index < -0.39 is 16.8 Å². The minimum absolute atomic E-state index is 0.148. The standard InChI is InChI=1S/C20H12ClF3N2OS/c21-19-13(4-3-5-14(19)20(22,23)24)16-10-12(27)8-9-26(16)11-18-25-15-6-1-2-7-17(15)28-18/h1-10H,11H2. The van der Waals surface area contributed by atoms with Crippen molar-refractivity contribution in [2.24, 2.45) is 0 Å². The summed E-state index contributed by atoms with van der Waals surface area (Å²) in [6.45, 7) is 0.307. The highest BCUT2D eigenvalue weighted by Gasteiger charge is 2.34. The van der Waals surface area contributed by atoms with Crippen LogP contribution in [0, 0.1) is 0 Å². The molecule has 0 spiro atoms. The van der Waals surface area contributed by atoms with Crippen LogP contribution in [0.1, 0.15) is 10.6 Å². The highest BCUT2D eigenvalue weighted by atomic mass is 35.5. The lowest BCUT2D eigenvalue weighted by Gasteiger charge is -2.16. The molecule has 0 N–H and O–H groups in total. The molecule has 0 atom stereocenters. The number of halogens is 4. The Kier molecular flexibility index (Phi) is 4.72. The van der Waals surface area contributed by atoms with Crippen molar-refractivity contribution in [3.63, 3.8) is 0 Å². The van der Waals surface area contributed by atoms with Gasteiger partial charge in [0.25, 0.3) is 0 Å². The van der Waals surface area contributed by atoms with Crippen molar-refractivity contribution in [1.82, 2.24) is 9.55 Å². The monoisotopic (exact) mass is 420 g/mol. The van der Waals surface area contributed by atoms with Gasteiger partial charge in [-0.15, -0.1) is 11.3 Å². The molecule has 142 valence electrons. The highest BCUT2D eigenvalue weighted by Crippen LogP contribution is 2.39. The number of alkyl halides is 3. The van der Waals surface area contributed by atoms with Crippen molar-refractivity contribution < 1.29 is 13.2 Å². The number of thiazole rings is 1. The summed E-state index contributed by atoms with van der Waals surface area (Å²) in [6, 6.07) is 14.0. The summed E-state index contributed by atoms with van der Waals surface area (Å²) in [7, 11) is 0. The quantitative estimate of drug-likeness (QED) is 0.417. The Labute approximate surface area is 166 Å². The van der Waals surface area contributed by atoms with E-state index in [1.54, 1.807) is 10.8 Å². The maximum atomic E-state index is 13.2. The fourth-order valence-electron chi connectivity index (χ4n) is 2.96. The number of aromatic nitrogens is 2. The zero-order chi connectivity index (χ0) is 19.9. The molecule has 0 radical (unpaired) electrons. The molecule has 2 heterocycles. The van der Waals surface area contributed by atoms with Gasteiger partial charge >= 0.3 is 6.18 Å². The van der Waals surface area contributed by atoms with Crippen molar-refractivity contribution in [2.75, 3.05) is 0 Å². The molecule has 2 aromatic heterocycles. The lowest BCUT2D eigenvalue weighted by Crippen LogP contribution is -2.11. The molecule has 0 amide bonds. The van der Waals surface area contributed by atoms with Crippen LogP contribution in [0.5, 0.6) is 0 Å².